The first-order chi connectivity index (χ1) is 11.0. The summed E-state index contributed by atoms with van der Waals surface area (Å²) in [5.74, 6) is 1.33. The van der Waals surface area contributed by atoms with E-state index in [0.717, 1.165) is 5.69 Å². The van der Waals surface area contributed by atoms with Crippen LogP contribution < -0.4 is 10.1 Å². The molecule has 0 bridgehead atoms. The van der Waals surface area contributed by atoms with Crippen molar-refractivity contribution in [2.45, 2.75) is 38.2 Å². The number of nitrogens with zero attached hydrogens (tertiary/aromatic N) is 1. The number of carbonyl (C=O) groups is 1. The molecular weight excluding hydrogens is 292 g/mol. The Labute approximate surface area is 138 Å². The number of likely N-dealkylation sites (N-methyl/N-ethyl adjacent to an activating group) is 1. The van der Waals surface area contributed by atoms with E-state index < -0.39 is 6.10 Å². The van der Waals surface area contributed by atoms with E-state index in [9.17, 15) is 9.90 Å². The van der Waals surface area contributed by atoms with Crippen molar-refractivity contribution in [1.29, 1.82) is 0 Å². The largest absolute Gasteiger partial charge is 0.491 e. The number of nitrogens with one attached hydrogen (secondary N) is 1. The molecule has 23 heavy (non-hydrogen) atoms. The second-order valence-electron chi connectivity index (χ2n) is 6.65. The van der Waals surface area contributed by atoms with E-state index in [1.54, 1.807) is 0 Å². The van der Waals surface area contributed by atoms with E-state index >= 15 is 0 Å². The second-order valence-corrected chi connectivity index (χ2v) is 6.65. The van der Waals surface area contributed by atoms with E-state index in [4.69, 9.17) is 4.74 Å². The lowest BCUT2D eigenvalue weighted by Gasteiger charge is -2.16. The van der Waals surface area contributed by atoms with Crippen molar-refractivity contribution in [2.75, 3.05) is 32.6 Å². The molecule has 1 fully saturated rings. The Kier molecular flexibility index (Phi) is 6.86. The van der Waals surface area contributed by atoms with Gasteiger partial charge in [-0.25, -0.2) is 0 Å². The minimum Gasteiger partial charge on any atom is -0.491 e. The van der Waals surface area contributed by atoms with Gasteiger partial charge in [-0.05, 0) is 57.1 Å². The summed E-state index contributed by atoms with van der Waals surface area (Å²) in [4.78, 5) is 13.9. The number of carbonyl (C=O) groups excluding carboxylic acids is 1. The Balaban J connectivity index is 1.74. The fourth-order valence-electron chi connectivity index (χ4n) is 2.99. The molecule has 1 unspecified atom stereocenters. The van der Waals surface area contributed by atoms with Crippen molar-refractivity contribution in [2.24, 2.45) is 5.92 Å². The average Bonchev–Trinajstić information content (AvgIpc) is 2.98. The molecule has 2 rings (SSSR count). The first-order valence-corrected chi connectivity index (χ1v) is 8.38. The number of ether oxygens (including phenoxy) is 1. The molecule has 0 aliphatic heterocycles. The van der Waals surface area contributed by atoms with Gasteiger partial charge in [-0.3, -0.25) is 4.79 Å². The van der Waals surface area contributed by atoms with Gasteiger partial charge in [0, 0.05) is 18.7 Å². The van der Waals surface area contributed by atoms with Crippen LogP contribution in [0.5, 0.6) is 5.75 Å². The van der Waals surface area contributed by atoms with Gasteiger partial charge in [0.25, 0.3) is 0 Å². The van der Waals surface area contributed by atoms with E-state index in [1.807, 2.05) is 43.3 Å². The summed E-state index contributed by atoms with van der Waals surface area (Å²) in [5.41, 5.74) is 0.786. The third kappa shape index (κ3) is 6.59. The van der Waals surface area contributed by atoms with Gasteiger partial charge in [0.2, 0.25) is 5.91 Å². The van der Waals surface area contributed by atoms with Crippen LogP contribution in [0.2, 0.25) is 0 Å². The lowest BCUT2D eigenvalue weighted by atomic mass is 10.0. The Bertz CT molecular complexity index is 482. The van der Waals surface area contributed by atoms with Crippen LogP contribution in [0.25, 0.3) is 0 Å². The lowest BCUT2D eigenvalue weighted by Crippen LogP contribution is -2.30. The SMILES string of the molecule is CN(C)CC(O)COc1ccc(NC(=O)CC2CCCC2)cc1. The maximum absolute atomic E-state index is 12.0. The summed E-state index contributed by atoms with van der Waals surface area (Å²) in [6.45, 7) is 0.820. The van der Waals surface area contributed by atoms with Gasteiger partial charge in [0.15, 0.2) is 0 Å². The van der Waals surface area contributed by atoms with Crippen molar-refractivity contribution >= 4 is 11.6 Å². The molecule has 1 amide bonds. The predicted molar refractivity (Wildman–Crippen MR) is 91.7 cm³/mol. The highest BCUT2D eigenvalue weighted by Gasteiger charge is 2.18. The highest BCUT2D eigenvalue weighted by atomic mass is 16.5. The minimum atomic E-state index is -0.518. The summed E-state index contributed by atoms with van der Waals surface area (Å²) in [5, 5.41) is 12.7. The van der Waals surface area contributed by atoms with Gasteiger partial charge >= 0.3 is 0 Å². The molecule has 1 aromatic carbocycles. The van der Waals surface area contributed by atoms with Crippen LogP contribution in [0, 0.1) is 5.92 Å². The van der Waals surface area contributed by atoms with E-state index in [2.05, 4.69) is 5.32 Å². The third-order valence-corrected chi connectivity index (χ3v) is 4.11. The van der Waals surface area contributed by atoms with Crippen LogP contribution >= 0.6 is 0 Å². The molecule has 1 aliphatic rings. The zero-order valence-corrected chi connectivity index (χ0v) is 14.1. The molecular formula is C18H28N2O3. The van der Waals surface area contributed by atoms with Crippen molar-refractivity contribution in [1.82, 2.24) is 4.90 Å². The van der Waals surface area contributed by atoms with Crippen LogP contribution in [0.3, 0.4) is 0 Å². The average molecular weight is 320 g/mol. The molecule has 1 aromatic rings. The van der Waals surface area contributed by atoms with Crippen LogP contribution in [0.15, 0.2) is 24.3 Å². The van der Waals surface area contributed by atoms with Gasteiger partial charge < -0.3 is 20.1 Å². The quantitative estimate of drug-likeness (QED) is 0.772. The summed E-state index contributed by atoms with van der Waals surface area (Å²) >= 11 is 0. The second kappa shape index (κ2) is 8.89. The zero-order chi connectivity index (χ0) is 16.7. The molecule has 5 nitrogen and oxygen atoms in total. The number of hydrogen-bond acceptors (Lipinski definition) is 4. The van der Waals surface area contributed by atoms with Crippen molar-refractivity contribution < 1.29 is 14.6 Å². The molecule has 2 N–H and O–H groups in total. The van der Waals surface area contributed by atoms with Crippen molar-refractivity contribution in [3.8, 4) is 5.75 Å². The molecule has 0 aromatic heterocycles. The first-order valence-electron chi connectivity index (χ1n) is 8.38. The van der Waals surface area contributed by atoms with Crippen LogP contribution in [-0.2, 0) is 4.79 Å². The molecule has 0 spiro atoms. The minimum absolute atomic E-state index is 0.0898. The maximum Gasteiger partial charge on any atom is 0.224 e. The van der Waals surface area contributed by atoms with Crippen LogP contribution in [0.1, 0.15) is 32.1 Å². The number of anilines is 1. The molecule has 0 heterocycles. The Morgan fingerprint density at radius 3 is 2.57 bits per heavy atom. The Hall–Kier alpha value is -1.59. The normalized spacial score (nSPS) is 16.5. The van der Waals surface area contributed by atoms with E-state index in [1.165, 1.54) is 25.7 Å². The number of benzene rings is 1. The molecule has 0 radical (unpaired) electrons. The maximum atomic E-state index is 12.0. The van der Waals surface area contributed by atoms with Gasteiger partial charge in [0.1, 0.15) is 18.5 Å². The number of aliphatic hydroxyl groups excluding tert-OH is 1. The van der Waals surface area contributed by atoms with Gasteiger partial charge in [-0.1, -0.05) is 12.8 Å². The molecule has 1 atom stereocenters. The number of hydrogen-bond donors (Lipinski definition) is 2. The topological polar surface area (TPSA) is 61.8 Å². The Morgan fingerprint density at radius 2 is 1.96 bits per heavy atom. The van der Waals surface area contributed by atoms with Crippen molar-refractivity contribution in [3.05, 3.63) is 24.3 Å². The Morgan fingerprint density at radius 1 is 1.30 bits per heavy atom. The van der Waals surface area contributed by atoms with Crippen LogP contribution in [-0.4, -0.2) is 49.3 Å². The molecule has 128 valence electrons. The smallest absolute Gasteiger partial charge is 0.224 e. The summed E-state index contributed by atoms with van der Waals surface area (Å²) in [6, 6.07) is 7.29. The summed E-state index contributed by atoms with van der Waals surface area (Å²) < 4.78 is 5.55. The van der Waals surface area contributed by atoms with Gasteiger partial charge in [-0.2, -0.15) is 0 Å². The number of amides is 1. The van der Waals surface area contributed by atoms with Crippen LogP contribution in [0.4, 0.5) is 5.69 Å². The van der Waals surface area contributed by atoms with Gasteiger partial charge in [0.05, 0.1) is 0 Å². The molecule has 1 saturated carbocycles. The predicted octanol–water partition coefficient (Wildman–Crippen LogP) is 2.51. The van der Waals surface area contributed by atoms with Crippen molar-refractivity contribution in [3.63, 3.8) is 0 Å². The fraction of sp³-hybridized carbons (Fsp3) is 0.611. The van der Waals surface area contributed by atoms with Gasteiger partial charge in [-0.15, -0.1) is 0 Å². The molecule has 5 heteroatoms. The lowest BCUT2D eigenvalue weighted by molar-refractivity contribution is -0.117. The highest BCUT2D eigenvalue weighted by molar-refractivity contribution is 5.90. The third-order valence-electron chi connectivity index (χ3n) is 4.11. The zero-order valence-electron chi connectivity index (χ0n) is 14.1. The summed E-state index contributed by atoms with van der Waals surface area (Å²) in [7, 11) is 3.82. The number of rotatable bonds is 8. The van der Waals surface area contributed by atoms with E-state index in [-0.39, 0.29) is 12.5 Å². The molecule has 0 saturated heterocycles. The van der Waals surface area contributed by atoms with E-state index in [0.29, 0.717) is 24.6 Å². The highest BCUT2D eigenvalue weighted by Crippen LogP contribution is 2.27. The summed E-state index contributed by atoms with van der Waals surface area (Å²) in [6.07, 6.45) is 4.96. The first kappa shape index (κ1) is 17.8. The standard InChI is InChI=1S/C18H28N2O3/c1-20(2)12-16(21)13-23-17-9-7-15(8-10-17)19-18(22)11-14-5-3-4-6-14/h7-10,14,16,21H,3-6,11-13H2,1-2H3,(H,19,22). The number of aliphatic hydroxyl groups is 1. The molecule has 1 aliphatic carbocycles. The monoisotopic (exact) mass is 320 g/mol. The fourth-order valence-corrected chi connectivity index (χ4v) is 2.99.